The zero-order valence-corrected chi connectivity index (χ0v) is 13.7. The first-order chi connectivity index (χ1) is 11.2. The fraction of sp³-hybridized carbons (Fsp3) is 0.632. The molecule has 4 heteroatoms. The lowest BCUT2D eigenvalue weighted by atomic mass is 9.82. The highest BCUT2D eigenvalue weighted by molar-refractivity contribution is 5.97. The van der Waals surface area contributed by atoms with Crippen molar-refractivity contribution in [3.05, 3.63) is 29.8 Å². The number of hydrogen-bond donors (Lipinski definition) is 1. The van der Waals surface area contributed by atoms with Gasteiger partial charge in [-0.15, -0.1) is 0 Å². The van der Waals surface area contributed by atoms with E-state index in [1.807, 2.05) is 6.07 Å². The summed E-state index contributed by atoms with van der Waals surface area (Å²) in [6.07, 6.45) is 3.56. The first-order valence-corrected chi connectivity index (χ1v) is 9.10. The van der Waals surface area contributed by atoms with Gasteiger partial charge in [-0.25, -0.2) is 0 Å². The highest BCUT2D eigenvalue weighted by Crippen LogP contribution is 2.47. The zero-order valence-electron chi connectivity index (χ0n) is 13.7. The molecule has 1 aromatic rings. The van der Waals surface area contributed by atoms with Crippen LogP contribution in [0.3, 0.4) is 0 Å². The molecule has 0 radical (unpaired) electrons. The second-order valence-corrected chi connectivity index (χ2v) is 7.82. The molecule has 0 aromatic heterocycles. The molecule has 23 heavy (non-hydrogen) atoms. The molecule has 0 spiro atoms. The van der Waals surface area contributed by atoms with Crippen LogP contribution in [0.25, 0.3) is 0 Å². The van der Waals surface area contributed by atoms with Crippen molar-refractivity contribution in [1.29, 1.82) is 0 Å². The third-order valence-corrected chi connectivity index (χ3v) is 6.70. The van der Waals surface area contributed by atoms with Gasteiger partial charge in [0.15, 0.2) is 0 Å². The number of anilines is 1. The first-order valence-electron chi connectivity index (χ1n) is 9.10. The standard InChI is InChI=1S/C19H25N3O/c1-12-8-13-4-2-3-5-16(13)22(12)19(23)11-21-17-6-7-18(21)15-10-20-9-14(15)17/h2-5,12,14-15,17-18,20H,6-11H2,1H3/t12?,14-,15+,17-,18+. The zero-order chi connectivity index (χ0) is 15.6. The third kappa shape index (κ3) is 1.94. The Kier molecular flexibility index (Phi) is 3.07. The summed E-state index contributed by atoms with van der Waals surface area (Å²) >= 11 is 0. The molecule has 4 heterocycles. The molecule has 122 valence electrons. The average molecular weight is 311 g/mol. The number of carbonyl (C=O) groups excluding carboxylic acids is 1. The molecule has 1 amide bonds. The molecule has 0 saturated carbocycles. The minimum atomic E-state index is 0.293. The van der Waals surface area contributed by atoms with Gasteiger partial charge in [0, 0.05) is 23.8 Å². The van der Waals surface area contributed by atoms with Gasteiger partial charge in [-0.1, -0.05) is 18.2 Å². The molecule has 4 nitrogen and oxygen atoms in total. The van der Waals surface area contributed by atoms with Crippen LogP contribution in [-0.4, -0.2) is 48.6 Å². The lowest BCUT2D eigenvalue weighted by molar-refractivity contribution is -0.120. The van der Waals surface area contributed by atoms with Gasteiger partial charge >= 0.3 is 0 Å². The molecule has 0 aliphatic carbocycles. The minimum Gasteiger partial charge on any atom is -0.316 e. The largest absolute Gasteiger partial charge is 0.316 e. The smallest absolute Gasteiger partial charge is 0.241 e. The van der Waals surface area contributed by atoms with E-state index in [1.54, 1.807) is 0 Å². The Morgan fingerprint density at radius 3 is 2.61 bits per heavy atom. The number of carbonyl (C=O) groups is 1. The number of hydrogen-bond acceptors (Lipinski definition) is 3. The normalized spacial score (nSPS) is 38.1. The number of benzene rings is 1. The summed E-state index contributed by atoms with van der Waals surface area (Å²) in [6.45, 7) is 5.09. The van der Waals surface area contributed by atoms with Gasteiger partial charge in [-0.05, 0) is 62.7 Å². The number of rotatable bonds is 2. The van der Waals surface area contributed by atoms with Gasteiger partial charge in [0.05, 0.1) is 6.54 Å². The Hall–Kier alpha value is -1.39. The molecule has 3 fully saturated rings. The fourth-order valence-electron chi connectivity index (χ4n) is 5.81. The highest BCUT2D eigenvalue weighted by Gasteiger charge is 2.55. The van der Waals surface area contributed by atoms with Gasteiger partial charge in [-0.2, -0.15) is 0 Å². The monoisotopic (exact) mass is 311 g/mol. The van der Waals surface area contributed by atoms with Crippen LogP contribution in [0.5, 0.6) is 0 Å². The van der Waals surface area contributed by atoms with Crippen molar-refractivity contribution in [2.45, 2.75) is 44.3 Å². The van der Waals surface area contributed by atoms with E-state index in [2.05, 4.69) is 40.2 Å². The van der Waals surface area contributed by atoms with Crippen molar-refractivity contribution >= 4 is 11.6 Å². The first kappa shape index (κ1) is 14.0. The van der Waals surface area contributed by atoms with Crippen molar-refractivity contribution in [2.75, 3.05) is 24.5 Å². The summed E-state index contributed by atoms with van der Waals surface area (Å²) in [6, 6.07) is 9.96. The molecule has 5 atom stereocenters. The van der Waals surface area contributed by atoms with E-state index in [1.165, 1.54) is 18.4 Å². The van der Waals surface area contributed by atoms with Crippen LogP contribution in [-0.2, 0) is 11.2 Å². The number of amides is 1. The Morgan fingerprint density at radius 1 is 1.17 bits per heavy atom. The number of para-hydroxylation sites is 1. The van der Waals surface area contributed by atoms with Crippen LogP contribution < -0.4 is 10.2 Å². The van der Waals surface area contributed by atoms with Crippen LogP contribution in [0.4, 0.5) is 5.69 Å². The van der Waals surface area contributed by atoms with Crippen LogP contribution in [0.15, 0.2) is 24.3 Å². The fourth-order valence-corrected chi connectivity index (χ4v) is 5.81. The summed E-state index contributed by atoms with van der Waals surface area (Å²) in [4.78, 5) is 17.7. The molecule has 2 bridgehead atoms. The molecule has 5 rings (SSSR count). The number of nitrogens with one attached hydrogen (secondary N) is 1. The van der Waals surface area contributed by atoms with E-state index in [0.717, 1.165) is 37.0 Å². The highest BCUT2D eigenvalue weighted by atomic mass is 16.2. The van der Waals surface area contributed by atoms with E-state index >= 15 is 0 Å². The van der Waals surface area contributed by atoms with Crippen LogP contribution in [0.1, 0.15) is 25.3 Å². The van der Waals surface area contributed by atoms with E-state index in [0.29, 0.717) is 30.6 Å². The van der Waals surface area contributed by atoms with Gasteiger partial charge in [-0.3, -0.25) is 9.69 Å². The lowest BCUT2D eigenvalue weighted by Crippen LogP contribution is -2.46. The van der Waals surface area contributed by atoms with Gasteiger partial charge in [0.1, 0.15) is 0 Å². The molecule has 4 aliphatic heterocycles. The Balaban J connectivity index is 1.37. The molecule has 4 aliphatic rings. The van der Waals surface area contributed by atoms with Crippen molar-refractivity contribution in [2.24, 2.45) is 11.8 Å². The molecule has 3 saturated heterocycles. The maximum Gasteiger partial charge on any atom is 0.241 e. The number of fused-ring (bicyclic) bond motifs is 6. The molecule has 1 N–H and O–H groups in total. The summed E-state index contributed by atoms with van der Waals surface area (Å²) < 4.78 is 0. The van der Waals surface area contributed by atoms with Crippen LogP contribution >= 0.6 is 0 Å². The van der Waals surface area contributed by atoms with Crippen LogP contribution in [0, 0.1) is 11.8 Å². The Morgan fingerprint density at radius 2 is 1.87 bits per heavy atom. The third-order valence-electron chi connectivity index (χ3n) is 6.70. The molecular weight excluding hydrogens is 286 g/mol. The number of nitrogens with zero attached hydrogens (tertiary/aromatic N) is 2. The lowest BCUT2D eigenvalue weighted by Gasteiger charge is -2.29. The molecular formula is C19H25N3O. The second-order valence-electron chi connectivity index (χ2n) is 7.82. The Labute approximate surface area is 137 Å². The van der Waals surface area contributed by atoms with Crippen molar-refractivity contribution in [3.8, 4) is 0 Å². The van der Waals surface area contributed by atoms with Crippen LogP contribution in [0.2, 0.25) is 0 Å². The SMILES string of the molecule is CC1Cc2ccccc2N1C(=O)CN1[C@@H]2CC[C@H]1[C@H]1CNC[C@H]12. The summed E-state index contributed by atoms with van der Waals surface area (Å²) in [5, 5.41) is 3.55. The summed E-state index contributed by atoms with van der Waals surface area (Å²) in [5.41, 5.74) is 2.46. The van der Waals surface area contributed by atoms with Crippen molar-refractivity contribution in [3.63, 3.8) is 0 Å². The molecule has 1 aromatic carbocycles. The maximum atomic E-state index is 13.1. The summed E-state index contributed by atoms with van der Waals surface area (Å²) in [7, 11) is 0. The predicted molar refractivity (Wildman–Crippen MR) is 90.5 cm³/mol. The second kappa shape index (κ2) is 5.05. The van der Waals surface area contributed by atoms with E-state index in [9.17, 15) is 4.79 Å². The van der Waals surface area contributed by atoms with Gasteiger partial charge < -0.3 is 10.2 Å². The van der Waals surface area contributed by atoms with E-state index in [-0.39, 0.29) is 0 Å². The quantitative estimate of drug-likeness (QED) is 0.902. The van der Waals surface area contributed by atoms with Crippen molar-refractivity contribution < 1.29 is 4.79 Å². The maximum absolute atomic E-state index is 13.1. The summed E-state index contributed by atoms with van der Waals surface area (Å²) in [5.74, 6) is 1.86. The molecule has 1 unspecified atom stereocenters. The predicted octanol–water partition coefficient (Wildman–Crippen LogP) is 1.65. The average Bonchev–Trinajstić information content (AvgIpc) is 3.26. The van der Waals surface area contributed by atoms with Gasteiger partial charge in [0.2, 0.25) is 5.91 Å². The van der Waals surface area contributed by atoms with Gasteiger partial charge in [0.25, 0.3) is 0 Å². The van der Waals surface area contributed by atoms with E-state index < -0.39 is 0 Å². The topological polar surface area (TPSA) is 35.6 Å². The Bertz CT molecular complexity index is 627. The van der Waals surface area contributed by atoms with E-state index in [4.69, 9.17) is 0 Å². The van der Waals surface area contributed by atoms with Crippen molar-refractivity contribution in [1.82, 2.24) is 10.2 Å². The minimum absolute atomic E-state index is 0.293.